The summed E-state index contributed by atoms with van der Waals surface area (Å²) < 4.78 is 0. The van der Waals surface area contributed by atoms with Crippen LogP contribution in [0.3, 0.4) is 0 Å². The Bertz CT molecular complexity index is 629. The van der Waals surface area contributed by atoms with Crippen molar-refractivity contribution >= 4 is 10.8 Å². The molecule has 17 heavy (non-hydrogen) atoms. The third kappa shape index (κ3) is 1.68. The third-order valence-corrected chi connectivity index (χ3v) is 2.81. The summed E-state index contributed by atoms with van der Waals surface area (Å²) in [5, 5.41) is 18.8. The van der Waals surface area contributed by atoms with Gasteiger partial charge in [0.05, 0.1) is 0 Å². The van der Waals surface area contributed by atoms with Crippen LogP contribution in [0.15, 0.2) is 48.8 Å². The molecule has 4 nitrogen and oxygen atoms in total. The van der Waals surface area contributed by atoms with Gasteiger partial charge in [-0.25, -0.2) is 4.98 Å². The number of fused-ring (bicyclic) bond motifs is 1. The summed E-state index contributed by atoms with van der Waals surface area (Å²) in [7, 11) is 0. The summed E-state index contributed by atoms with van der Waals surface area (Å²) in [6.07, 6.45) is 0.618. The largest absolute Gasteiger partial charge is 0.380 e. The molecule has 0 aliphatic heterocycles. The van der Waals surface area contributed by atoms with Gasteiger partial charge in [-0.3, -0.25) is 5.10 Å². The molecule has 0 spiro atoms. The summed E-state index contributed by atoms with van der Waals surface area (Å²) in [6.45, 7) is 0. The van der Waals surface area contributed by atoms with Crippen LogP contribution in [-0.2, 0) is 0 Å². The quantitative estimate of drug-likeness (QED) is 0.701. The van der Waals surface area contributed by atoms with E-state index < -0.39 is 6.10 Å². The first-order valence-corrected chi connectivity index (χ1v) is 5.37. The number of aromatic amines is 1. The van der Waals surface area contributed by atoms with E-state index in [1.807, 2.05) is 42.5 Å². The molecule has 0 amide bonds. The topological polar surface area (TPSA) is 61.8 Å². The van der Waals surface area contributed by atoms with Gasteiger partial charge in [-0.15, -0.1) is 0 Å². The minimum atomic E-state index is -0.774. The maximum Gasteiger partial charge on any atom is 0.157 e. The molecule has 0 saturated heterocycles. The molecule has 1 unspecified atom stereocenters. The number of nitrogens with one attached hydrogen (secondary N) is 1. The van der Waals surface area contributed by atoms with Gasteiger partial charge in [-0.05, 0) is 16.3 Å². The Hall–Kier alpha value is -2.20. The second-order valence-corrected chi connectivity index (χ2v) is 3.84. The van der Waals surface area contributed by atoms with Crippen LogP contribution in [0.1, 0.15) is 17.5 Å². The first-order chi connectivity index (χ1) is 8.36. The van der Waals surface area contributed by atoms with Gasteiger partial charge in [0.25, 0.3) is 0 Å². The minimum absolute atomic E-state index is 0.460. The number of aliphatic hydroxyl groups is 1. The molecule has 2 N–H and O–H groups in total. The molecule has 1 atom stereocenters. The normalized spacial score (nSPS) is 12.8. The van der Waals surface area contributed by atoms with E-state index in [1.165, 1.54) is 6.33 Å². The molecule has 1 aromatic heterocycles. The first-order valence-electron chi connectivity index (χ1n) is 5.37. The van der Waals surface area contributed by atoms with Gasteiger partial charge in [0.2, 0.25) is 0 Å². The monoisotopic (exact) mass is 225 g/mol. The molecular formula is C13H11N3O. The van der Waals surface area contributed by atoms with Crippen LogP contribution in [0.5, 0.6) is 0 Å². The Morgan fingerprint density at radius 3 is 2.71 bits per heavy atom. The molecule has 1 heterocycles. The van der Waals surface area contributed by atoms with E-state index in [-0.39, 0.29) is 0 Å². The van der Waals surface area contributed by atoms with Crippen LogP contribution < -0.4 is 0 Å². The highest BCUT2D eigenvalue weighted by atomic mass is 16.3. The first kappa shape index (κ1) is 9.99. The molecule has 4 heteroatoms. The zero-order chi connectivity index (χ0) is 11.7. The Kier molecular flexibility index (Phi) is 2.34. The number of benzene rings is 2. The van der Waals surface area contributed by atoms with E-state index >= 15 is 0 Å². The zero-order valence-corrected chi connectivity index (χ0v) is 9.04. The molecule has 2 aromatic carbocycles. The molecule has 0 aliphatic rings. The number of aliphatic hydroxyl groups excluding tert-OH is 1. The summed E-state index contributed by atoms with van der Waals surface area (Å²) in [4.78, 5) is 3.98. The van der Waals surface area contributed by atoms with E-state index in [4.69, 9.17) is 0 Å². The molecule has 0 radical (unpaired) electrons. The van der Waals surface area contributed by atoms with Crippen molar-refractivity contribution < 1.29 is 5.11 Å². The average molecular weight is 225 g/mol. The molecule has 0 saturated carbocycles. The van der Waals surface area contributed by atoms with Crippen LogP contribution in [0.4, 0.5) is 0 Å². The number of rotatable bonds is 2. The van der Waals surface area contributed by atoms with Crippen molar-refractivity contribution in [2.45, 2.75) is 6.10 Å². The van der Waals surface area contributed by atoms with Gasteiger partial charge in [-0.2, -0.15) is 5.10 Å². The lowest BCUT2D eigenvalue weighted by Gasteiger charge is -2.10. The van der Waals surface area contributed by atoms with Crippen LogP contribution >= 0.6 is 0 Å². The Morgan fingerprint density at radius 2 is 1.88 bits per heavy atom. The SMILES string of the molecule is OC(c1ncn[nH]1)c1cccc2ccccc12. The standard InChI is InChI=1S/C13H11N3O/c17-12(13-14-8-15-16-13)11-7-3-5-9-4-1-2-6-10(9)11/h1-8,12,17H,(H,14,15,16). The van der Waals surface area contributed by atoms with Crippen LogP contribution in [0.25, 0.3) is 10.8 Å². The van der Waals surface area contributed by atoms with Crippen molar-refractivity contribution in [2.75, 3.05) is 0 Å². The number of hydrogen-bond donors (Lipinski definition) is 2. The van der Waals surface area contributed by atoms with Crippen molar-refractivity contribution in [1.29, 1.82) is 0 Å². The van der Waals surface area contributed by atoms with Crippen LogP contribution in [0.2, 0.25) is 0 Å². The van der Waals surface area contributed by atoms with Gasteiger partial charge in [0.1, 0.15) is 12.4 Å². The Morgan fingerprint density at radius 1 is 1.06 bits per heavy atom. The zero-order valence-electron chi connectivity index (χ0n) is 9.04. The summed E-state index contributed by atoms with van der Waals surface area (Å²) >= 11 is 0. The molecule has 0 bridgehead atoms. The molecule has 84 valence electrons. The summed E-state index contributed by atoms with van der Waals surface area (Å²) in [6, 6.07) is 13.8. The van der Waals surface area contributed by atoms with Gasteiger partial charge >= 0.3 is 0 Å². The van der Waals surface area contributed by atoms with E-state index in [9.17, 15) is 5.11 Å². The predicted octanol–water partition coefficient (Wildman–Crippen LogP) is 2.04. The van der Waals surface area contributed by atoms with E-state index in [0.717, 1.165) is 16.3 Å². The van der Waals surface area contributed by atoms with Gasteiger partial charge in [0, 0.05) is 0 Å². The van der Waals surface area contributed by atoms with Crippen molar-refractivity contribution in [1.82, 2.24) is 15.2 Å². The van der Waals surface area contributed by atoms with Crippen molar-refractivity contribution in [3.05, 3.63) is 60.2 Å². The number of nitrogens with zero attached hydrogens (tertiary/aromatic N) is 2. The number of H-pyrrole nitrogens is 1. The van der Waals surface area contributed by atoms with Crippen molar-refractivity contribution in [3.8, 4) is 0 Å². The average Bonchev–Trinajstić information content (AvgIpc) is 2.91. The maximum atomic E-state index is 10.2. The van der Waals surface area contributed by atoms with Crippen molar-refractivity contribution in [3.63, 3.8) is 0 Å². The summed E-state index contributed by atoms with van der Waals surface area (Å²) in [5.41, 5.74) is 0.833. The second-order valence-electron chi connectivity index (χ2n) is 3.84. The van der Waals surface area contributed by atoms with Crippen molar-refractivity contribution in [2.24, 2.45) is 0 Å². The highest BCUT2D eigenvalue weighted by Gasteiger charge is 2.15. The highest BCUT2D eigenvalue weighted by molar-refractivity contribution is 5.86. The van der Waals surface area contributed by atoms with Crippen LogP contribution in [-0.4, -0.2) is 20.3 Å². The maximum absolute atomic E-state index is 10.2. The fraction of sp³-hybridized carbons (Fsp3) is 0.0769. The van der Waals surface area contributed by atoms with E-state index in [2.05, 4.69) is 15.2 Å². The summed E-state index contributed by atoms with van der Waals surface area (Å²) in [5.74, 6) is 0.460. The number of aromatic nitrogens is 3. The molecule has 0 fully saturated rings. The predicted molar refractivity (Wildman–Crippen MR) is 64.4 cm³/mol. The molecule has 3 rings (SSSR count). The lowest BCUT2D eigenvalue weighted by atomic mass is 10.0. The third-order valence-electron chi connectivity index (χ3n) is 2.81. The van der Waals surface area contributed by atoms with Crippen LogP contribution in [0, 0.1) is 0 Å². The lowest BCUT2D eigenvalue weighted by Crippen LogP contribution is -2.02. The number of hydrogen-bond acceptors (Lipinski definition) is 3. The Labute approximate surface area is 97.9 Å². The van der Waals surface area contributed by atoms with E-state index in [1.54, 1.807) is 0 Å². The minimum Gasteiger partial charge on any atom is -0.380 e. The highest BCUT2D eigenvalue weighted by Crippen LogP contribution is 2.26. The second kappa shape index (κ2) is 3.99. The lowest BCUT2D eigenvalue weighted by molar-refractivity contribution is 0.212. The fourth-order valence-corrected chi connectivity index (χ4v) is 1.98. The van der Waals surface area contributed by atoms with E-state index in [0.29, 0.717) is 5.82 Å². The molecule has 3 aromatic rings. The van der Waals surface area contributed by atoms with Gasteiger partial charge in [-0.1, -0.05) is 42.5 Å². The fourth-order valence-electron chi connectivity index (χ4n) is 1.98. The molecular weight excluding hydrogens is 214 g/mol. The Balaban J connectivity index is 2.17. The van der Waals surface area contributed by atoms with Gasteiger partial charge < -0.3 is 5.11 Å². The smallest absolute Gasteiger partial charge is 0.157 e. The molecule has 0 aliphatic carbocycles. The van der Waals surface area contributed by atoms with Gasteiger partial charge in [0.15, 0.2) is 5.82 Å².